The molecule has 0 saturated heterocycles. The first-order valence-corrected chi connectivity index (χ1v) is 6.89. The number of aromatic nitrogens is 2. The van der Waals surface area contributed by atoms with E-state index < -0.39 is 0 Å². The number of esters is 1. The van der Waals surface area contributed by atoms with E-state index in [4.69, 9.17) is 0 Å². The molecular formula is C15H19N3O3. The van der Waals surface area contributed by atoms with Crippen molar-refractivity contribution in [1.29, 1.82) is 0 Å². The van der Waals surface area contributed by atoms with Gasteiger partial charge in [0.25, 0.3) is 0 Å². The SMILES string of the molecule is COC(=O)CCCNC(=O)C(C)n1cnc2ccccc21. The van der Waals surface area contributed by atoms with Crippen LogP contribution in [0.1, 0.15) is 25.8 Å². The summed E-state index contributed by atoms with van der Waals surface area (Å²) in [5, 5.41) is 2.82. The Bertz CT molecular complexity index is 636. The van der Waals surface area contributed by atoms with Gasteiger partial charge >= 0.3 is 5.97 Å². The van der Waals surface area contributed by atoms with Crippen molar-refractivity contribution in [3.8, 4) is 0 Å². The molecule has 6 nitrogen and oxygen atoms in total. The first kappa shape index (κ1) is 15.0. The van der Waals surface area contributed by atoms with Gasteiger partial charge in [0, 0.05) is 13.0 Å². The molecule has 2 rings (SSSR count). The van der Waals surface area contributed by atoms with Gasteiger partial charge in [-0.25, -0.2) is 4.98 Å². The monoisotopic (exact) mass is 289 g/mol. The van der Waals surface area contributed by atoms with Gasteiger partial charge in [0.2, 0.25) is 5.91 Å². The number of rotatable bonds is 6. The second kappa shape index (κ2) is 6.88. The molecular weight excluding hydrogens is 270 g/mol. The molecule has 1 N–H and O–H groups in total. The summed E-state index contributed by atoms with van der Waals surface area (Å²) in [7, 11) is 1.35. The number of benzene rings is 1. The van der Waals surface area contributed by atoms with Crippen molar-refractivity contribution in [3.63, 3.8) is 0 Å². The Morgan fingerprint density at radius 3 is 2.90 bits per heavy atom. The number of para-hydroxylation sites is 2. The standard InChI is InChI=1S/C15H19N3O3/c1-11(15(20)16-9-5-8-14(19)21-2)18-10-17-12-6-3-4-7-13(12)18/h3-4,6-7,10-11H,5,8-9H2,1-2H3,(H,16,20). The van der Waals surface area contributed by atoms with Crippen LogP contribution in [-0.4, -0.2) is 35.1 Å². The number of nitrogens with zero attached hydrogens (tertiary/aromatic N) is 2. The lowest BCUT2D eigenvalue weighted by molar-refractivity contribution is -0.140. The molecule has 1 aromatic carbocycles. The number of nitrogens with one attached hydrogen (secondary N) is 1. The van der Waals surface area contributed by atoms with Crippen LogP contribution in [0.5, 0.6) is 0 Å². The van der Waals surface area contributed by atoms with Gasteiger partial charge in [-0.3, -0.25) is 9.59 Å². The normalized spacial score (nSPS) is 12.1. The summed E-state index contributed by atoms with van der Waals surface area (Å²) in [6.45, 7) is 2.27. The van der Waals surface area contributed by atoms with Crippen molar-refractivity contribution >= 4 is 22.9 Å². The Morgan fingerprint density at radius 2 is 2.14 bits per heavy atom. The highest BCUT2D eigenvalue weighted by atomic mass is 16.5. The number of imidazole rings is 1. The lowest BCUT2D eigenvalue weighted by atomic mass is 10.2. The molecule has 1 atom stereocenters. The highest BCUT2D eigenvalue weighted by molar-refractivity contribution is 5.83. The van der Waals surface area contributed by atoms with E-state index in [0.29, 0.717) is 19.4 Å². The smallest absolute Gasteiger partial charge is 0.305 e. The minimum absolute atomic E-state index is 0.0944. The van der Waals surface area contributed by atoms with E-state index >= 15 is 0 Å². The molecule has 21 heavy (non-hydrogen) atoms. The van der Waals surface area contributed by atoms with E-state index in [1.54, 1.807) is 6.33 Å². The third-order valence-corrected chi connectivity index (χ3v) is 3.36. The van der Waals surface area contributed by atoms with Crippen LogP contribution in [0.15, 0.2) is 30.6 Å². The minimum atomic E-state index is -0.351. The van der Waals surface area contributed by atoms with Gasteiger partial charge in [0.15, 0.2) is 0 Å². The quantitative estimate of drug-likeness (QED) is 0.648. The van der Waals surface area contributed by atoms with Gasteiger partial charge in [-0.15, -0.1) is 0 Å². The molecule has 0 bridgehead atoms. The number of hydrogen-bond donors (Lipinski definition) is 1. The van der Waals surface area contributed by atoms with Gasteiger partial charge in [-0.2, -0.15) is 0 Å². The fourth-order valence-corrected chi connectivity index (χ4v) is 2.11. The van der Waals surface area contributed by atoms with E-state index in [0.717, 1.165) is 11.0 Å². The molecule has 0 spiro atoms. The number of methoxy groups -OCH3 is 1. The second-order valence-electron chi connectivity index (χ2n) is 4.79. The van der Waals surface area contributed by atoms with E-state index in [1.807, 2.05) is 35.8 Å². The van der Waals surface area contributed by atoms with Gasteiger partial charge < -0.3 is 14.6 Å². The van der Waals surface area contributed by atoms with Crippen molar-refractivity contribution in [2.75, 3.05) is 13.7 Å². The molecule has 1 aromatic heterocycles. The van der Waals surface area contributed by atoms with E-state index in [2.05, 4.69) is 15.0 Å². The Morgan fingerprint density at radius 1 is 1.38 bits per heavy atom. The second-order valence-corrected chi connectivity index (χ2v) is 4.79. The summed E-state index contributed by atoms with van der Waals surface area (Å²) in [5.41, 5.74) is 1.79. The summed E-state index contributed by atoms with van der Waals surface area (Å²) in [5.74, 6) is -0.360. The maximum Gasteiger partial charge on any atom is 0.305 e. The van der Waals surface area contributed by atoms with Crippen LogP contribution in [0.3, 0.4) is 0 Å². The molecule has 0 saturated carbocycles. The average molecular weight is 289 g/mol. The Labute approximate surface area is 123 Å². The molecule has 1 heterocycles. The molecule has 2 aromatic rings. The van der Waals surface area contributed by atoms with Crippen LogP contribution in [0, 0.1) is 0 Å². The fourth-order valence-electron chi connectivity index (χ4n) is 2.11. The van der Waals surface area contributed by atoms with Crippen LogP contribution in [-0.2, 0) is 14.3 Å². The van der Waals surface area contributed by atoms with Gasteiger partial charge in [0.05, 0.1) is 24.5 Å². The zero-order valence-corrected chi connectivity index (χ0v) is 12.2. The average Bonchev–Trinajstić information content (AvgIpc) is 2.94. The highest BCUT2D eigenvalue weighted by Gasteiger charge is 2.16. The van der Waals surface area contributed by atoms with E-state index in [9.17, 15) is 9.59 Å². The first-order chi connectivity index (χ1) is 10.1. The maximum absolute atomic E-state index is 12.1. The molecule has 0 aliphatic carbocycles. The van der Waals surface area contributed by atoms with Crippen LogP contribution >= 0.6 is 0 Å². The summed E-state index contributed by atoms with van der Waals surface area (Å²) in [4.78, 5) is 27.4. The van der Waals surface area contributed by atoms with Crippen molar-refractivity contribution in [1.82, 2.24) is 14.9 Å². The zero-order valence-electron chi connectivity index (χ0n) is 12.2. The molecule has 0 radical (unpaired) electrons. The maximum atomic E-state index is 12.1. The third kappa shape index (κ3) is 3.59. The highest BCUT2D eigenvalue weighted by Crippen LogP contribution is 2.17. The number of amides is 1. The minimum Gasteiger partial charge on any atom is -0.469 e. The predicted molar refractivity (Wildman–Crippen MR) is 78.7 cm³/mol. The Hall–Kier alpha value is -2.37. The van der Waals surface area contributed by atoms with Crippen molar-refractivity contribution < 1.29 is 14.3 Å². The summed E-state index contributed by atoms with van der Waals surface area (Å²) in [6, 6.07) is 7.32. The number of hydrogen-bond acceptors (Lipinski definition) is 4. The fraction of sp³-hybridized carbons (Fsp3) is 0.400. The molecule has 0 fully saturated rings. The van der Waals surface area contributed by atoms with Crippen LogP contribution < -0.4 is 5.32 Å². The Balaban J connectivity index is 1.92. The third-order valence-electron chi connectivity index (χ3n) is 3.36. The number of carbonyl (C=O) groups is 2. The Kier molecular flexibility index (Phi) is 4.92. The zero-order chi connectivity index (χ0) is 15.2. The van der Waals surface area contributed by atoms with Crippen LogP contribution in [0.2, 0.25) is 0 Å². The summed E-state index contributed by atoms with van der Waals surface area (Å²) < 4.78 is 6.39. The van der Waals surface area contributed by atoms with E-state index in [1.165, 1.54) is 7.11 Å². The largest absolute Gasteiger partial charge is 0.469 e. The van der Waals surface area contributed by atoms with Gasteiger partial charge in [-0.05, 0) is 25.5 Å². The molecule has 1 amide bonds. The molecule has 0 aliphatic heterocycles. The first-order valence-electron chi connectivity index (χ1n) is 6.89. The van der Waals surface area contributed by atoms with E-state index in [-0.39, 0.29) is 17.9 Å². The molecule has 1 unspecified atom stereocenters. The molecule has 0 aliphatic rings. The topological polar surface area (TPSA) is 73.2 Å². The van der Waals surface area contributed by atoms with Crippen molar-refractivity contribution in [2.24, 2.45) is 0 Å². The van der Waals surface area contributed by atoms with Crippen LogP contribution in [0.4, 0.5) is 0 Å². The number of ether oxygens (including phenoxy) is 1. The van der Waals surface area contributed by atoms with Gasteiger partial charge in [0.1, 0.15) is 6.04 Å². The van der Waals surface area contributed by atoms with Gasteiger partial charge in [-0.1, -0.05) is 12.1 Å². The lowest BCUT2D eigenvalue weighted by Gasteiger charge is -2.14. The lowest BCUT2D eigenvalue weighted by Crippen LogP contribution is -2.31. The van der Waals surface area contributed by atoms with Crippen molar-refractivity contribution in [2.45, 2.75) is 25.8 Å². The van der Waals surface area contributed by atoms with Crippen molar-refractivity contribution in [3.05, 3.63) is 30.6 Å². The number of carbonyl (C=O) groups excluding carboxylic acids is 2. The summed E-state index contributed by atoms with van der Waals surface area (Å²) in [6.07, 6.45) is 2.54. The predicted octanol–water partition coefficient (Wildman–Crippen LogP) is 1.67. The summed E-state index contributed by atoms with van der Waals surface area (Å²) >= 11 is 0. The number of fused-ring (bicyclic) bond motifs is 1. The van der Waals surface area contributed by atoms with Crippen LogP contribution in [0.25, 0.3) is 11.0 Å². The molecule has 112 valence electrons. The molecule has 6 heteroatoms.